The highest BCUT2D eigenvalue weighted by Gasteiger charge is 2.15. The van der Waals surface area contributed by atoms with Crippen LogP contribution in [0.15, 0.2) is 78.9 Å². The summed E-state index contributed by atoms with van der Waals surface area (Å²) in [5.41, 5.74) is 2.56. The van der Waals surface area contributed by atoms with Crippen molar-refractivity contribution < 1.29 is 18.7 Å². The van der Waals surface area contributed by atoms with Crippen LogP contribution in [0.25, 0.3) is 6.08 Å². The van der Waals surface area contributed by atoms with E-state index in [0.29, 0.717) is 40.8 Å². The third-order valence-corrected chi connectivity index (χ3v) is 5.11. The lowest BCUT2D eigenvalue weighted by Crippen LogP contribution is -2.13. The van der Waals surface area contributed by atoms with E-state index in [2.05, 4.69) is 11.9 Å². The van der Waals surface area contributed by atoms with Gasteiger partial charge < -0.3 is 14.8 Å². The van der Waals surface area contributed by atoms with Crippen LogP contribution in [0.3, 0.4) is 0 Å². The fourth-order valence-electron chi connectivity index (χ4n) is 3.32. The van der Waals surface area contributed by atoms with Crippen LogP contribution in [0.2, 0.25) is 5.02 Å². The summed E-state index contributed by atoms with van der Waals surface area (Å²) in [6, 6.07) is 18.2. The van der Waals surface area contributed by atoms with Gasteiger partial charge in [-0.05, 0) is 73.0 Å². The Morgan fingerprint density at radius 3 is 2.60 bits per heavy atom. The van der Waals surface area contributed by atoms with Crippen molar-refractivity contribution in [3.63, 3.8) is 0 Å². The molecule has 0 aliphatic heterocycles. The smallest absolute Gasteiger partial charge is 0.266 e. The molecule has 0 aromatic heterocycles. The maximum absolute atomic E-state index is 13.2. The minimum Gasteiger partial charge on any atom is -0.490 e. The molecule has 1 amide bonds. The first-order chi connectivity index (χ1) is 16.9. The third kappa shape index (κ3) is 7.20. The highest BCUT2D eigenvalue weighted by atomic mass is 35.5. The number of hydrogen-bond donors (Lipinski definition) is 1. The number of carbonyl (C=O) groups is 1. The van der Waals surface area contributed by atoms with Crippen LogP contribution in [0.4, 0.5) is 10.1 Å². The van der Waals surface area contributed by atoms with Gasteiger partial charge in [-0.25, -0.2) is 4.39 Å². The van der Waals surface area contributed by atoms with Crippen LogP contribution in [0.1, 0.15) is 23.6 Å². The summed E-state index contributed by atoms with van der Waals surface area (Å²) in [4.78, 5) is 12.7. The molecule has 0 spiro atoms. The van der Waals surface area contributed by atoms with Crippen molar-refractivity contribution in [2.75, 3.05) is 11.9 Å². The molecule has 7 heteroatoms. The van der Waals surface area contributed by atoms with Gasteiger partial charge in [0.05, 0.1) is 6.61 Å². The van der Waals surface area contributed by atoms with Crippen LogP contribution in [0, 0.1) is 17.1 Å². The Morgan fingerprint density at radius 1 is 1.17 bits per heavy atom. The van der Waals surface area contributed by atoms with Gasteiger partial charge in [-0.15, -0.1) is 6.58 Å². The number of allylic oxidation sites excluding steroid dienone is 1. The zero-order valence-electron chi connectivity index (χ0n) is 19.2. The van der Waals surface area contributed by atoms with Crippen LogP contribution < -0.4 is 14.8 Å². The summed E-state index contributed by atoms with van der Waals surface area (Å²) >= 11 is 5.97. The fourth-order valence-corrected chi connectivity index (χ4v) is 3.51. The van der Waals surface area contributed by atoms with Crippen molar-refractivity contribution in [1.82, 2.24) is 0 Å². The Labute approximate surface area is 209 Å². The topological polar surface area (TPSA) is 71.4 Å². The maximum Gasteiger partial charge on any atom is 0.266 e. The molecule has 0 fully saturated rings. The number of anilines is 1. The molecule has 3 rings (SSSR count). The van der Waals surface area contributed by atoms with Gasteiger partial charge in [-0.2, -0.15) is 5.26 Å². The monoisotopic (exact) mass is 490 g/mol. The first-order valence-electron chi connectivity index (χ1n) is 10.9. The molecule has 0 bridgehead atoms. The zero-order chi connectivity index (χ0) is 25.2. The van der Waals surface area contributed by atoms with Crippen molar-refractivity contribution in [3.8, 4) is 17.6 Å². The fraction of sp³-hybridized carbons (Fsp3) is 0.143. The lowest BCUT2D eigenvalue weighted by atomic mass is 10.0. The van der Waals surface area contributed by atoms with Crippen LogP contribution in [0.5, 0.6) is 11.5 Å². The quantitative estimate of drug-likeness (QED) is 0.194. The Kier molecular flexibility index (Phi) is 9.05. The van der Waals surface area contributed by atoms with E-state index in [-0.39, 0.29) is 18.0 Å². The first kappa shape index (κ1) is 25.5. The van der Waals surface area contributed by atoms with Crippen molar-refractivity contribution in [1.29, 1.82) is 5.26 Å². The standard InChI is InChI=1S/C28H24ClFN2O3/c1-3-6-21-13-20(14-22(17-31)28(33)32-25-8-5-7-23(29)16-25)15-26(34-4-2)27(21)35-18-19-9-11-24(30)12-10-19/h3,5,7-16H,1,4,6,18H2,2H3,(H,32,33)/b22-14+. The molecule has 0 atom stereocenters. The molecule has 5 nitrogen and oxygen atoms in total. The molecule has 1 N–H and O–H groups in total. The van der Waals surface area contributed by atoms with E-state index in [4.69, 9.17) is 21.1 Å². The number of rotatable bonds is 10. The Hall–Kier alpha value is -4.08. The third-order valence-electron chi connectivity index (χ3n) is 4.87. The molecular weight excluding hydrogens is 467 g/mol. The van der Waals surface area contributed by atoms with Crippen LogP contribution >= 0.6 is 11.6 Å². The summed E-state index contributed by atoms with van der Waals surface area (Å²) in [5.74, 6) is 0.109. The molecule has 0 saturated heterocycles. The van der Waals surface area contributed by atoms with Crippen molar-refractivity contribution in [2.24, 2.45) is 0 Å². The summed E-state index contributed by atoms with van der Waals surface area (Å²) in [5, 5.41) is 12.8. The Bertz CT molecular complexity index is 1280. The largest absolute Gasteiger partial charge is 0.490 e. The van der Waals surface area contributed by atoms with E-state index < -0.39 is 5.91 Å². The zero-order valence-corrected chi connectivity index (χ0v) is 19.9. The normalized spacial score (nSPS) is 10.9. The average molecular weight is 491 g/mol. The van der Waals surface area contributed by atoms with Gasteiger partial charge >= 0.3 is 0 Å². The summed E-state index contributed by atoms with van der Waals surface area (Å²) in [7, 11) is 0. The minimum atomic E-state index is -0.561. The summed E-state index contributed by atoms with van der Waals surface area (Å²) in [6.45, 7) is 6.25. The van der Waals surface area contributed by atoms with Crippen molar-refractivity contribution in [2.45, 2.75) is 20.0 Å². The summed E-state index contributed by atoms with van der Waals surface area (Å²) < 4.78 is 25.1. The number of amides is 1. The lowest BCUT2D eigenvalue weighted by molar-refractivity contribution is -0.112. The summed E-state index contributed by atoms with van der Waals surface area (Å²) in [6.07, 6.45) is 3.68. The lowest BCUT2D eigenvalue weighted by Gasteiger charge is -2.17. The van der Waals surface area contributed by atoms with E-state index in [9.17, 15) is 14.4 Å². The van der Waals surface area contributed by atoms with E-state index in [1.54, 1.807) is 48.5 Å². The second-order valence-corrected chi connectivity index (χ2v) is 7.92. The number of nitrogens with one attached hydrogen (secondary N) is 1. The van der Waals surface area contributed by atoms with Gasteiger partial charge in [0.15, 0.2) is 11.5 Å². The average Bonchev–Trinajstić information content (AvgIpc) is 2.83. The van der Waals surface area contributed by atoms with E-state index >= 15 is 0 Å². The molecule has 0 unspecified atom stereocenters. The van der Waals surface area contributed by atoms with Gasteiger partial charge in [0.2, 0.25) is 0 Å². The van der Waals surface area contributed by atoms with Gasteiger partial charge in [0, 0.05) is 16.3 Å². The maximum atomic E-state index is 13.2. The van der Waals surface area contributed by atoms with E-state index in [0.717, 1.165) is 11.1 Å². The molecule has 3 aromatic carbocycles. The van der Waals surface area contributed by atoms with Gasteiger partial charge in [-0.3, -0.25) is 4.79 Å². The Morgan fingerprint density at radius 2 is 1.94 bits per heavy atom. The number of ether oxygens (including phenoxy) is 2. The SMILES string of the molecule is C=CCc1cc(/C=C(\C#N)C(=O)Nc2cccc(Cl)c2)cc(OCC)c1OCc1ccc(F)cc1. The predicted molar refractivity (Wildman–Crippen MR) is 136 cm³/mol. The molecule has 0 aliphatic rings. The van der Waals surface area contributed by atoms with Gasteiger partial charge in [0.25, 0.3) is 5.91 Å². The molecular formula is C28H24ClFN2O3. The van der Waals surface area contributed by atoms with Crippen molar-refractivity contribution in [3.05, 3.63) is 106 Å². The van der Waals surface area contributed by atoms with E-state index in [1.165, 1.54) is 18.2 Å². The second kappa shape index (κ2) is 12.4. The first-order valence-corrected chi connectivity index (χ1v) is 11.3. The second-order valence-electron chi connectivity index (χ2n) is 7.48. The molecule has 0 heterocycles. The predicted octanol–water partition coefficient (Wildman–Crippen LogP) is 6.73. The molecule has 178 valence electrons. The Balaban J connectivity index is 1.92. The number of nitriles is 1. The van der Waals surface area contributed by atoms with E-state index in [1.807, 2.05) is 19.1 Å². The van der Waals surface area contributed by atoms with Crippen molar-refractivity contribution >= 4 is 29.3 Å². The minimum absolute atomic E-state index is 0.0862. The molecule has 0 aliphatic carbocycles. The number of hydrogen-bond acceptors (Lipinski definition) is 4. The molecule has 0 radical (unpaired) electrons. The highest BCUT2D eigenvalue weighted by molar-refractivity contribution is 6.31. The van der Waals surface area contributed by atoms with Crippen LogP contribution in [-0.4, -0.2) is 12.5 Å². The van der Waals surface area contributed by atoms with Crippen LogP contribution in [-0.2, 0) is 17.8 Å². The molecule has 3 aromatic rings. The molecule has 0 saturated carbocycles. The molecule has 35 heavy (non-hydrogen) atoms. The van der Waals surface area contributed by atoms with Gasteiger partial charge in [0.1, 0.15) is 24.1 Å². The van der Waals surface area contributed by atoms with Gasteiger partial charge in [-0.1, -0.05) is 35.9 Å². The number of nitrogens with zero attached hydrogens (tertiary/aromatic N) is 1. The number of benzene rings is 3. The highest BCUT2D eigenvalue weighted by Crippen LogP contribution is 2.35. The number of carbonyl (C=O) groups excluding carboxylic acids is 1. The number of halogens is 2.